The van der Waals surface area contributed by atoms with E-state index in [9.17, 15) is 9.59 Å². The number of ether oxygens (including phenoxy) is 2. The number of imidazole rings is 1. The molecule has 4 aliphatic rings. The third-order valence-corrected chi connectivity index (χ3v) is 7.16. The van der Waals surface area contributed by atoms with Crippen LogP contribution < -0.4 is 5.32 Å². The lowest BCUT2D eigenvalue weighted by Gasteiger charge is -2.24. The van der Waals surface area contributed by atoms with E-state index in [4.69, 9.17) is 9.47 Å². The normalized spacial score (nSPS) is 33.6. The summed E-state index contributed by atoms with van der Waals surface area (Å²) in [5.74, 6) is -1.19. The van der Waals surface area contributed by atoms with Crippen molar-refractivity contribution < 1.29 is 19.1 Å². The van der Waals surface area contributed by atoms with Crippen molar-refractivity contribution in [3.63, 3.8) is 0 Å². The minimum atomic E-state index is -0.688. The van der Waals surface area contributed by atoms with Gasteiger partial charge in [0.05, 0.1) is 47.9 Å². The number of aromatic nitrogens is 2. The molecule has 0 radical (unpaired) electrons. The second kappa shape index (κ2) is 6.90. The van der Waals surface area contributed by atoms with E-state index >= 15 is 0 Å². The number of hydrogen-bond donors (Lipinski definition) is 1. The smallest absolute Gasteiger partial charge is 0.231 e. The summed E-state index contributed by atoms with van der Waals surface area (Å²) in [4.78, 5) is 32.8. The number of carbonyl (C=O) groups is 2. The standard InChI is InChI=1S/C23H26N4O4/c1-2-26-13-24-16-10-14(5-6-17(16)26)25-21(28)19-18-7-8-23(31-18)12-27(22(29)20(19)23)11-15-4-3-9-30-15/h5-8,10,13,15,18-20H,2-4,9,11-12H2,1H3,(H,25,28). The summed E-state index contributed by atoms with van der Waals surface area (Å²) >= 11 is 0. The van der Waals surface area contributed by atoms with Crippen LogP contribution in [-0.2, 0) is 25.6 Å². The highest BCUT2D eigenvalue weighted by atomic mass is 16.5. The van der Waals surface area contributed by atoms with Crippen LogP contribution >= 0.6 is 0 Å². The predicted molar refractivity (Wildman–Crippen MR) is 113 cm³/mol. The van der Waals surface area contributed by atoms with Gasteiger partial charge in [0.25, 0.3) is 0 Å². The van der Waals surface area contributed by atoms with Gasteiger partial charge in [-0.05, 0) is 38.0 Å². The molecule has 2 amide bonds. The molecule has 6 rings (SSSR count). The van der Waals surface area contributed by atoms with E-state index in [0.29, 0.717) is 18.8 Å². The van der Waals surface area contributed by atoms with Crippen molar-refractivity contribution in [1.29, 1.82) is 0 Å². The predicted octanol–water partition coefficient (Wildman–Crippen LogP) is 1.96. The average Bonchev–Trinajstić information content (AvgIpc) is 3.56. The first-order valence-corrected chi connectivity index (χ1v) is 11.1. The molecule has 1 spiro atoms. The maximum atomic E-state index is 13.3. The van der Waals surface area contributed by atoms with E-state index in [1.165, 1.54) is 0 Å². The monoisotopic (exact) mass is 422 g/mol. The van der Waals surface area contributed by atoms with E-state index in [-0.39, 0.29) is 24.0 Å². The van der Waals surface area contributed by atoms with Crippen molar-refractivity contribution in [2.24, 2.45) is 11.8 Å². The number of nitrogens with zero attached hydrogens (tertiary/aromatic N) is 3. The Morgan fingerprint density at radius 3 is 3.10 bits per heavy atom. The Hall–Kier alpha value is -2.71. The van der Waals surface area contributed by atoms with E-state index in [1.54, 1.807) is 6.33 Å². The Bertz CT molecular complexity index is 1090. The zero-order chi connectivity index (χ0) is 21.2. The minimum absolute atomic E-state index is 0.000332. The number of carbonyl (C=O) groups excluding carboxylic acids is 2. The van der Waals surface area contributed by atoms with Crippen molar-refractivity contribution in [3.05, 3.63) is 36.7 Å². The van der Waals surface area contributed by atoms with Crippen molar-refractivity contribution in [2.45, 2.75) is 44.1 Å². The summed E-state index contributed by atoms with van der Waals surface area (Å²) in [6.45, 7) is 4.73. The molecule has 5 unspecified atom stereocenters. The summed E-state index contributed by atoms with van der Waals surface area (Å²) in [5, 5.41) is 3.01. The van der Waals surface area contributed by atoms with Crippen LogP contribution in [-0.4, -0.2) is 63.8 Å². The second-order valence-electron chi connectivity index (χ2n) is 8.98. The van der Waals surface area contributed by atoms with E-state index in [2.05, 4.69) is 21.8 Å². The van der Waals surface area contributed by atoms with E-state index in [0.717, 1.165) is 37.0 Å². The summed E-state index contributed by atoms with van der Waals surface area (Å²) < 4.78 is 14.0. The van der Waals surface area contributed by atoms with Gasteiger partial charge in [0.15, 0.2) is 0 Å². The molecule has 2 aromatic rings. The van der Waals surface area contributed by atoms with Crippen molar-refractivity contribution in [3.8, 4) is 0 Å². The lowest BCUT2D eigenvalue weighted by molar-refractivity contribution is -0.136. The number of likely N-dealkylation sites (tertiary alicyclic amines) is 1. The van der Waals surface area contributed by atoms with E-state index in [1.807, 2.05) is 35.3 Å². The molecule has 0 aliphatic carbocycles. The molecule has 2 bridgehead atoms. The highest BCUT2D eigenvalue weighted by Crippen LogP contribution is 2.52. The van der Waals surface area contributed by atoms with Gasteiger partial charge in [0, 0.05) is 25.4 Å². The van der Waals surface area contributed by atoms with Crippen molar-refractivity contribution in [2.75, 3.05) is 25.0 Å². The van der Waals surface area contributed by atoms with Gasteiger partial charge in [-0.1, -0.05) is 12.2 Å². The third-order valence-electron chi connectivity index (χ3n) is 7.16. The Kier molecular flexibility index (Phi) is 4.23. The average molecular weight is 422 g/mol. The highest BCUT2D eigenvalue weighted by molar-refractivity contribution is 6.00. The Labute approximate surface area is 180 Å². The Morgan fingerprint density at radius 1 is 1.39 bits per heavy atom. The molecule has 1 aromatic heterocycles. The topological polar surface area (TPSA) is 85.7 Å². The fraction of sp³-hybridized carbons (Fsp3) is 0.522. The number of anilines is 1. The number of fused-ring (bicyclic) bond motifs is 2. The summed E-state index contributed by atoms with van der Waals surface area (Å²) in [6.07, 6.45) is 7.46. The summed E-state index contributed by atoms with van der Waals surface area (Å²) in [6, 6.07) is 5.72. The van der Waals surface area contributed by atoms with Gasteiger partial charge in [-0.15, -0.1) is 0 Å². The number of hydrogen-bond acceptors (Lipinski definition) is 5. The molecule has 4 aliphatic heterocycles. The van der Waals surface area contributed by atoms with E-state index < -0.39 is 17.4 Å². The number of aryl methyl sites for hydroxylation is 1. The van der Waals surface area contributed by atoms with Crippen LogP contribution in [0.3, 0.4) is 0 Å². The molecule has 5 atom stereocenters. The zero-order valence-corrected chi connectivity index (χ0v) is 17.5. The molecule has 8 heteroatoms. The molecule has 1 N–H and O–H groups in total. The van der Waals surface area contributed by atoms with Gasteiger partial charge in [-0.2, -0.15) is 0 Å². The minimum Gasteiger partial charge on any atom is -0.376 e. The number of benzene rings is 1. The quantitative estimate of drug-likeness (QED) is 0.745. The Morgan fingerprint density at radius 2 is 2.29 bits per heavy atom. The van der Waals surface area contributed by atoms with Crippen LogP contribution in [0.1, 0.15) is 19.8 Å². The lowest BCUT2D eigenvalue weighted by Crippen LogP contribution is -2.42. The molecular formula is C23H26N4O4. The molecule has 8 nitrogen and oxygen atoms in total. The summed E-state index contributed by atoms with van der Waals surface area (Å²) in [5.41, 5.74) is 1.86. The van der Waals surface area contributed by atoms with Gasteiger partial charge in [0.1, 0.15) is 5.60 Å². The maximum absolute atomic E-state index is 13.3. The first-order valence-electron chi connectivity index (χ1n) is 11.1. The van der Waals surface area contributed by atoms with Crippen LogP contribution in [0, 0.1) is 11.8 Å². The molecular weight excluding hydrogens is 396 g/mol. The van der Waals surface area contributed by atoms with Gasteiger partial charge in [0.2, 0.25) is 11.8 Å². The first-order chi connectivity index (χ1) is 15.1. The van der Waals surface area contributed by atoms with Crippen molar-refractivity contribution in [1.82, 2.24) is 14.5 Å². The summed E-state index contributed by atoms with van der Waals surface area (Å²) in [7, 11) is 0. The van der Waals surface area contributed by atoms with Crippen LogP contribution in [0.4, 0.5) is 5.69 Å². The number of nitrogens with one attached hydrogen (secondary N) is 1. The Balaban J connectivity index is 1.22. The van der Waals surface area contributed by atoms with Crippen molar-refractivity contribution >= 4 is 28.5 Å². The molecule has 3 fully saturated rings. The van der Waals surface area contributed by atoms with Crippen LogP contribution in [0.15, 0.2) is 36.7 Å². The van der Waals surface area contributed by atoms with Crippen LogP contribution in [0.2, 0.25) is 0 Å². The first kappa shape index (κ1) is 19.0. The van der Waals surface area contributed by atoms with Gasteiger partial charge >= 0.3 is 0 Å². The SMILES string of the molecule is CCn1cnc2cc(NC(=O)C3C4C=CC5(CN(CC6CCCO6)C(=O)C35)O4)ccc21. The third kappa shape index (κ3) is 2.85. The fourth-order valence-electron chi connectivity index (χ4n) is 5.69. The van der Waals surface area contributed by atoms with Crippen LogP contribution in [0.25, 0.3) is 11.0 Å². The molecule has 162 valence electrons. The molecule has 5 heterocycles. The highest BCUT2D eigenvalue weighted by Gasteiger charge is 2.66. The number of rotatable bonds is 5. The lowest BCUT2D eigenvalue weighted by atomic mass is 9.77. The fourth-order valence-corrected chi connectivity index (χ4v) is 5.69. The van der Waals surface area contributed by atoms with Gasteiger partial charge in [-0.25, -0.2) is 4.98 Å². The van der Waals surface area contributed by atoms with Gasteiger partial charge in [-0.3, -0.25) is 9.59 Å². The van der Waals surface area contributed by atoms with Gasteiger partial charge < -0.3 is 24.3 Å². The molecule has 3 saturated heterocycles. The second-order valence-corrected chi connectivity index (χ2v) is 8.98. The zero-order valence-electron chi connectivity index (χ0n) is 17.5. The molecule has 1 aromatic carbocycles. The van der Waals surface area contributed by atoms with Crippen LogP contribution in [0.5, 0.6) is 0 Å². The molecule has 0 saturated carbocycles. The maximum Gasteiger partial charge on any atom is 0.231 e. The molecule has 31 heavy (non-hydrogen) atoms. The number of amides is 2. The largest absolute Gasteiger partial charge is 0.376 e.